The van der Waals surface area contributed by atoms with E-state index in [2.05, 4.69) is 6.92 Å². The Morgan fingerprint density at radius 1 is 1.00 bits per heavy atom. The van der Waals surface area contributed by atoms with Gasteiger partial charge >= 0.3 is 5.97 Å². The van der Waals surface area contributed by atoms with Crippen LogP contribution in [0, 0.1) is 0 Å². The molecular weight excluding hydrogens is 348 g/mol. The van der Waals surface area contributed by atoms with E-state index in [4.69, 9.17) is 16.3 Å². The molecule has 3 nitrogen and oxygen atoms in total. The van der Waals surface area contributed by atoms with Gasteiger partial charge in [0.2, 0.25) is 0 Å². The molecule has 0 aliphatic rings. The first-order valence-corrected chi connectivity index (χ1v) is 9.25. The number of carbonyl (C=O) groups is 2. The lowest BCUT2D eigenvalue weighted by Crippen LogP contribution is -2.09. The summed E-state index contributed by atoms with van der Waals surface area (Å²) in [6.45, 7) is 2.14. The van der Waals surface area contributed by atoms with E-state index in [1.165, 1.54) is 0 Å². The summed E-state index contributed by atoms with van der Waals surface area (Å²) in [6.07, 6.45) is 8.09. The highest BCUT2D eigenvalue weighted by Crippen LogP contribution is 2.21. The minimum Gasteiger partial charge on any atom is -0.422 e. The van der Waals surface area contributed by atoms with Crippen LogP contribution in [0.25, 0.3) is 6.08 Å². The number of hydrogen-bond acceptors (Lipinski definition) is 3. The van der Waals surface area contributed by atoms with Gasteiger partial charge < -0.3 is 4.74 Å². The van der Waals surface area contributed by atoms with Crippen molar-refractivity contribution >= 4 is 29.4 Å². The molecule has 4 heteroatoms. The molecule has 0 aliphatic carbocycles. The second kappa shape index (κ2) is 10.6. The summed E-state index contributed by atoms with van der Waals surface area (Å²) in [4.78, 5) is 24.2. The Bertz CT molecular complexity index is 763. The molecule has 0 aromatic heterocycles. The smallest absolute Gasteiger partial charge is 0.343 e. The summed E-state index contributed by atoms with van der Waals surface area (Å²) in [5, 5.41) is 0.558. The number of ether oxygens (including phenoxy) is 1. The Hall–Kier alpha value is -2.39. The molecule has 0 saturated carbocycles. The van der Waals surface area contributed by atoms with E-state index in [-0.39, 0.29) is 5.78 Å². The third-order valence-corrected chi connectivity index (χ3v) is 4.18. The van der Waals surface area contributed by atoms with Crippen LogP contribution in [0.5, 0.6) is 5.75 Å². The summed E-state index contributed by atoms with van der Waals surface area (Å²) < 4.78 is 5.47. The lowest BCUT2D eigenvalue weighted by molar-refractivity contribution is -0.114. The van der Waals surface area contributed by atoms with Gasteiger partial charge in [0, 0.05) is 17.0 Å². The van der Waals surface area contributed by atoms with Gasteiger partial charge in [-0.2, -0.15) is 0 Å². The molecule has 136 valence electrons. The maximum atomic E-state index is 12.3. The van der Waals surface area contributed by atoms with E-state index < -0.39 is 5.97 Å². The van der Waals surface area contributed by atoms with Gasteiger partial charge in [0.25, 0.3) is 0 Å². The zero-order valence-electron chi connectivity index (χ0n) is 14.9. The Balaban J connectivity index is 2.00. The van der Waals surface area contributed by atoms with E-state index in [0.29, 0.717) is 28.3 Å². The zero-order chi connectivity index (χ0) is 18.8. The normalized spacial score (nSPS) is 10.8. The summed E-state index contributed by atoms with van der Waals surface area (Å²) in [5.41, 5.74) is 1.11. The van der Waals surface area contributed by atoms with Crippen LogP contribution in [0.4, 0.5) is 0 Å². The second-order valence-corrected chi connectivity index (χ2v) is 6.48. The summed E-state index contributed by atoms with van der Waals surface area (Å²) >= 11 is 5.83. The molecule has 0 N–H and O–H groups in total. The Morgan fingerprint density at radius 3 is 2.46 bits per heavy atom. The molecule has 0 atom stereocenters. The summed E-state index contributed by atoms with van der Waals surface area (Å²) in [6, 6.07) is 13.7. The van der Waals surface area contributed by atoms with Crippen LogP contribution in [-0.4, -0.2) is 11.8 Å². The molecule has 0 heterocycles. The van der Waals surface area contributed by atoms with Gasteiger partial charge in [-0.1, -0.05) is 56.0 Å². The quantitative estimate of drug-likeness (QED) is 0.231. The fourth-order valence-electron chi connectivity index (χ4n) is 2.45. The lowest BCUT2D eigenvalue weighted by Gasteiger charge is -2.07. The third kappa shape index (κ3) is 6.49. The maximum Gasteiger partial charge on any atom is 0.343 e. The first kappa shape index (κ1) is 19.9. The van der Waals surface area contributed by atoms with Gasteiger partial charge in [-0.05, 0) is 48.9 Å². The SMILES string of the molecule is CCCCCCC(=O)/C=C/c1ccccc1OC(=O)c1ccc(Cl)cc1. The Morgan fingerprint density at radius 2 is 1.73 bits per heavy atom. The molecular formula is C22H23ClO3. The Labute approximate surface area is 159 Å². The maximum absolute atomic E-state index is 12.3. The molecule has 0 fully saturated rings. The van der Waals surface area contributed by atoms with Crippen LogP contribution in [0.15, 0.2) is 54.6 Å². The van der Waals surface area contributed by atoms with Crippen molar-refractivity contribution in [3.05, 3.63) is 70.8 Å². The fourth-order valence-corrected chi connectivity index (χ4v) is 2.57. The van der Waals surface area contributed by atoms with Crippen LogP contribution in [-0.2, 0) is 4.79 Å². The van der Waals surface area contributed by atoms with E-state index >= 15 is 0 Å². The molecule has 2 rings (SSSR count). The molecule has 0 bridgehead atoms. The van der Waals surface area contributed by atoms with E-state index in [0.717, 1.165) is 25.7 Å². The van der Waals surface area contributed by atoms with Crippen LogP contribution in [0.2, 0.25) is 5.02 Å². The second-order valence-electron chi connectivity index (χ2n) is 6.04. The number of esters is 1. The zero-order valence-corrected chi connectivity index (χ0v) is 15.7. The number of allylic oxidation sites excluding steroid dienone is 1. The van der Waals surface area contributed by atoms with Crippen LogP contribution in [0.3, 0.4) is 0 Å². The molecule has 0 radical (unpaired) electrons. The molecule has 0 unspecified atom stereocenters. The van der Waals surface area contributed by atoms with E-state index in [9.17, 15) is 9.59 Å². The van der Waals surface area contributed by atoms with Crippen molar-refractivity contribution in [1.29, 1.82) is 0 Å². The monoisotopic (exact) mass is 370 g/mol. The first-order valence-electron chi connectivity index (χ1n) is 8.88. The molecule has 2 aromatic rings. The summed E-state index contributed by atoms with van der Waals surface area (Å²) in [5.74, 6) is 0.0378. The number of halogens is 1. The minimum absolute atomic E-state index is 0.0833. The van der Waals surface area contributed by atoms with Gasteiger partial charge in [0.05, 0.1) is 5.56 Å². The third-order valence-electron chi connectivity index (χ3n) is 3.93. The highest BCUT2D eigenvalue weighted by molar-refractivity contribution is 6.30. The predicted molar refractivity (Wildman–Crippen MR) is 106 cm³/mol. The van der Waals surface area contributed by atoms with Crippen molar-refractivity contribution in [3.8, 4) is 5.75 Å². The lowest BCUT2D eigenvalue weighted by atomic mass is 10.1. The fraction of sp³-hybridized carbons (Fsp3) is 0.273. The molecule has 0 aliphatic heterocycles. The number of rotatable bonds is 9. The van der Waals surface area contributed by atoms with Gasteiger partial charge in [-0.3, -0.25) is 4.79 Å². The van der Waals surface area contributed by atoms with Crippen molar-refractivity contribution in [1.82, 2.24) is 0 Å². The predicted octanol–water partition coefficient (Wildman–Crippen LogP) is 6.11. The van der Waals surface area contributed by atoms with Gasteiger partial charge in [-0.15, -0.1) is 0 Å². The van der Waals surface area contributed by atoms with Crippen molar-refractivity contribution in [2.45, 2.75) is 39.0 Å². The molecule has 26 heavy (non-hydrogen) atoms. The largest absolute Gasteiger partial charge is 0.422 e. The number of hydrogen-bond donors (Lipinski definition) is 0. The average Bonchev–Trinajstić information content (AvgIpc) is 2.65. The van der Waals surface area contributed by atoms with Crippen molar-refractivity contribution in [2.24, 2.45) is 0 Å². The Kier molecular flexibility index (Phi) is 8.10. The summed E-state index contributed by atoms with van der Waals surface area (Å²) in [7, 11) is 0. The molecule has 0 saturated heterocycles. The molecule has 2 aromatic carbocycles. The van der Waals surface area contributed by atoms with Gasteiger partial charge in [0.15, 0.2) is 5.78 Å². The van der Waals surface area contributed by atoms with Crippen molar-refractivity contribution in [3.63, 3.8) is 0 Å². The number of ketones is 1. The van der Waals surface area contributed by atoms with Crippen LogP contribution in [0.1, 0.15) is 54.9 Å². The standard InChI is InChI=1S/C22H23ClO3/c1-2-3-4-5-9-20(24)16-13-17-8-6-7-10-21(17)26-22(25)18-11-14-19(23)15-12-18/h6-8,10-16H,2-5,9H2,1H3/b16-13+. The number of para-hydroxylation sites is 1. The highest BCUT2D eigenvalue weighted by atomic mass is 35.5. The first-order chi connectivity index (χ1) is 12.6. The van der Waals surface area contributed by atoms with Crippen LogP contribution >= 0.6 is 11.6 Å². The van der Waals surface area contributed by atoms with Gasteiger partial charge in [0.1, 0.15) is 5.75 Å². The average molecular weight is 371 g/mol. The topological polar surface area (TPSA) is 43.4 Å². The number of carbonyl (C=O) groups excluding carboxylic acids is 2. The van der Waals surface area contributed by atoms with E-state index in [1.54, 1.807) is 48.6 Å². The molecule has 0 amide bonds. The number of benzene rings is 2. The molecule has 0 spiro atoms. The number of unbranched alkanes of at least 4 members (excludes halogenated alkanes) is 3. The van der Waals surface area contributed by atoms with E-state index in [1.807, 2.05) is 12.1 Å². The minimum atomic E-state index is -0.464. The van der Waals surface area contributed by atoms with Crippen LogP contribution < -0.4 is 4.74 Å². The van der Waals surface area contributed by atoms with Crippen molar-refractivity contribution < 1.29 is 14.3 Å². The highest BCUT2D eigenvalue weighted by Gasteiger charge is 2.10. The van der Waals surface area contributed by atoms with Crippen molar-refractivity contribution in [2.75, 3.05) is 0 Å². The van der Waals surface area contributed by atoms with Gasteiger partial charge in [-0.25, -0.2) is 4.79 Å².